The molecule has 0 spiro atoms. The van der Waals surface area contributed by atoms with Crippen LogP contribution < -0.4 is 4.74 Å². The SMILES string of the molecule is Cn1ncc2cc(COc3cnnc(Cl)c3)ccc21. The molecular formula is C13H11ClN4O. The fourth-order valence-corrected chi connectivity index (χ4v) is 2.02. The van der Waals surface area contributed by atoms with Gasteiger partial charge < -0.3 is 4.74 Å². The zero-order valence-electron chi connectivity index (χ0n) is 10.2. The first-order valence-corrected chi connectivity index (χ1v) is 6.12. The second-order valence-corrected chi connectivity index (χ2v) is 4.55. The van der Waals surface area contributed by atoms with Gasteiger partial charge in [-0.3, -0.25) is 4.68 Å². The number of benzene rings is 1. The van der Waals surface area contributed by atoms with Crippen molar-refractivity contribution in [1.82, 2.24) is 20.0 Å². The summed E-state index contributed by atoms with van der Waals surface area (Å²) in [5.74, 6) is 0.603. The monoisotopic (exact) mass is 274 g/mol. The molecule has 0 amide bonds. The molecule has 2 heterocycles. The van der Waals surface area contributed by atoms with Gasteiger partial charge in [0, 0.05) is 18.5 Å². The van der Waals surface area contributed by atoms with Gasteiger partial charge >= 0.3 is 0 Å². The summed E-state index contributed by atoms with van der Waals surface area (Å²) < 4.78 is 7.45. The summed E-state index contributed by atoms with van der Waals surface area (Å²) in [4.78, 5) is 0. The molecule has 0 radical (unpaired) electrons. The van der Waals surface area contributed by atoms with E-state index in [0.717, 1.165) is 16.5 Å². The van der Waals surface area contributed by atoms with Crippen LogP contribution in [-0.2, 0) is 13.7 Å². The Labute approximate surface area is 114 Å². The van der Waals surface area contributed by atoms with Gasteiger partial charge in [0.2, 0.25) is 0 Å². The van der Waals surface area contributed by atoms with Crippen molar-refractivity contribution in [2.24, 2.45) is 7.05 Å². The van der Waals surface area contributed by atoms with Crippen LogP contribution in [0.25, 0.3) is 10.9 Å². The highest BCUT2D eigenvalue weighted by Gasteiger charge is 2.02. The Balaban J connectivity index is 1.78. The number of nitrogens with zero attached hydrogens (tertiary/aromatic N) is 4. The Hall–Kier alpha value is -2.14. The molecule has 0 saturated heterocycles. The number of hydrogen-bond acceptors (Lipinski definition) is 4. The molecule has 0 fully saturated rings. The Morgan fingerprint density at radius 2 is 2.16 bits per heavy atom. The number of hydrogen-bond donors (Lipinski definition) is 0. The lowest BCUT2D eigenvalue weighted by atomic mass is 10.2. The molecule has 0 aliphatic carbocycles. The number of aryl methyl sites for hydroxylation is 1. The normalized spacial score (nSPS) is 10.8. The minimum absolute atomic E-state index is 0.320. The Bertz CT molecular complexity index is 725. The Kier molecular flexibility index (Phi) is 3.05. The van der Waals surface area contributed by atoms with E-state index in [1.54, 1.807) is 6.07 Å². The van der Waals surface area contributed by atoms with Crippen molar-refractivity contribution in [3.8, 4) is 5.75 Å². The quantitative estimate of drug-likeness (QED) is 0.737. The van der Waals surface area contributed by atoms with Gasteiger partial charge in [-0.05, 0) is 17.7 Å². The van der Waals surface area contributed by atoms with E-state index in [4.69, 9.17) is 16.3 Å². The van der Waals surface area contributed by atoms with Gasteiger partial charge in [-0.15, -0.1) is 5.10 Å². The molecule has 0 bridgehead atoms. The number of fused-ring (bicyclic) bond motifs is 1. The van der Waals surface area contributed by atoms with Crippen LogP contribution in [0.3, 0.4) is 0 Å². The molecule has 0 unspecified atom stereocenters. The molecule has 2 aromatic heterocycles. The number of ether oxygens (including phenoxy) is 1. The largest absolute Gasteiger partial charge is 0.487 e. The maximum atomic E-state index is 5.74. The van der Waals surface area contributed by atoms with E-state index in [9.17, 15) is 0 Å². The molecule has 0 saturated carbocycles. The molecule has 3 rings (SSSR count). The van der Waals surface area contributed by atoms with Crippen LogP contribution in [0.1, 0.15) is 5.56 Å². The van der Waals surface area contributed by atoms with Gasteiger partial charge in [-0.1, -0.05) is 17.7 Å². The molecular weight excluding hydrogens is 264 g/mol. The predicted molar refractivity (Wildman–Crippen MR) is 72.1 cm³/mol. The lowest BCUT2D eigenvalue weighted by molar-refractivity contribution is 0.304. The van der Waals surface area contributed by atoms with Gasteiger partial charge in [0.25, 0.3) is 0 Å². The predicted octanol–water partition coefficient (Wildman–Crippen LogP) is 2.60. The lowest BCUT2D eigenvalue weighted by Crippen LogP contribution is -1.96. The van der Waals surface area contributed by atoms with Gasteiger partial charge in [0.15, 0.2) is 5.15 Å². The third-order valence-corrected chi connectivity index (χ3v) is 3.00. The van der Waals surface area contributed by atoms with Gasteiger partial charge in [-0.2, -0.15) is 10.2 Å². The molecule has 5 nitrogen and oxygen atoms in total. The number of halogens is 1. The van der Waals surface area contributed by atoms with Crippen LogP contribution in [0, 0.1) is 0 Å². The second-order valence-electron chi connectivity index (χ2n) is 4.16. The fourth-order valence-electron chi connectivity index (χ4n) is 1.87. The summed E-state index contributed by atoms with van der Waals surface area (Å²) in [5.41, 5.74) is 2.16. The molecule has 3 aromatic rings. The van der Waals surface area contributed by atoms with E-state index in [2.05, 4.69) is 21.4 Å². The molecule has 0 atom stereocenters. The Morgan fingerprint density at radius 1 is 1.26 bits per heavy atom. The Morgan fingerprint density at radius 3 is 3.00 bits per heavy atom. The van der Waals surface area contributed by atoms with Crippen LogP contribution in [0.4, 0.5) is 0 Å². The van der Waals surface area contributed by atoms with E-state index >= 15 is 0 Å². The topological polar surface area (TPSA) is 52.8 Å². The van der Waals surface area contributed by atoms with E-state index in [-0.39, 0.29) is 0 Å². The van der Waals surface area contributed by atoms with Crippen LogP contribution in [-0.4, -0.2) is 20.0 Å². The molecule has 19 heavy (non-hydrogen) atoms. The van der Waals surface area contributed by atoms with Crippen LogP contribution >= 0.6 is 11.6 Å². The van der Waals surface area contributed by atoms with Crippen molar-refractivity contribution < 1.29 is 4.74 Å². The molecule has 1 aromatic carbocycles. The summed E-state index contributed by atoms with van der Waals surface area (Å²) in [5, 5.41) is 13.0. The zero-order valence-corrected chi connectivity index (χ0v) is 11.0. The lowest BCUT2D eigenvalue weighted by Gasteiger charge is -2.06. The number of rotatable bonds is 3. The highest BCUT2D eigenvalue weighted by Crippen LogP contribution is 2.18. The van der Waals surface area contributed by atoms with Crippen molar-refractivity contribution in [1.29, 1.82) is 0 Å². The summed E-state index contributed by atoms with van der Waals surface area (Å²) >= 11 is 5.74. The van der Waals surface area contributed by atoms with E-state index in [0.29, 0.717) is 17.5 Å². The van der Waals surface area contributed by atoms with Crippen LogP contribution in [0.15, 0.2) is 36.7 Å². The second kappa shape index (κ2) is 4.85. The molecule has 6 heteroatoms. The van der Waals surface area contributed by atoms with Crippen molar-refractivity contribution in [3.63, 3.8) is 0 Å². The maximum Gasteiger partial charge on any atom is 0.155 e. The van der Waals surface area contributed by atoms with Crippen molar-refractivity contribution in [2.45, 2.75) is 6.61 Å². The van der Waals surface area contributed by atoms with Gasteiger partial charge in [0.05, 0.1) is 17.9 Å². The minimum Gasteiger partial charge on any atom is -0.487 e. The molecule has 0 aliphatic rings. The summed E-state index contributed by atoms with van der Waals surface area (Å²) in [6.07, 6.45) is 3.37. The average molecular weight is 275 g/mol. The summed E-state index contributed by atoms with van der Waals surface area (Å²) in [6.45, 7) is 0.451. The van der Waals surface area contributed by atoms with Gasteiger partial charge in [-0.25, -0.2) is 0 Å². The van der Waals surface area contributed by atoms with E-state index in [1.165, 1.54) is 6.20 Å². The number of aromatic nitrogens is 4. The standard InChI is InChI=1S/C13H11ClN4O/c1-18-12-3-2-9(4-10(12)6-16-18)8-19-11-5-13(14)17-15-7-11/h2-7H,8H2,1H3. The van der Waals surface area contributed by atoms with Crippen LogP contribution in [0.2, 0.25) is 5.15 Å². The smallest absolute Gasteiger partial charge is 0.155 e. The van der Waals surface area contributed by atoms with E-state index < -0.39 is 0 Å². The third kappa shape index (κ3) is 2.51. The summed E-state index contributed by atoms with van der Waals surface area (Å²) in [6, 6.07) is 7.73. The third-order valence-electron chi connectivity index (χ3n) is 2.82. The van der Waals surface area contributed by atoms with Crippen molar-refractivity contribution >= 4 is 22.5 Å². The summed E-state index contributed by atoms with van der Waals surface area (Å²) in [7, 11) is 1.92. The first-order valence-electron chi connectivity index (χ1n) is 5.74. The minimum atomic E-state index is 0.320. The van der Waals surface area contributed by atoms with Crippen LogP contribution in [0.5, 0.6) is 5.75 Å². The molecule has 96 valence electrons. The average Bonchev–Trinajstić information content (AvgIpc) is 2.78. The molecule has 0 N–H and O–H groups in total. The highest BCUT2D eigenvalue weighted by molar-refractivity contribution is 6.29. The zero-order chi connectivity index (χ0) is 13.2. The van der Waals surface area contributed by atoms with Crippen molar-refractivity contribution in [2.75, 3.05) is 0 Å². The van der Waals surface area contributed by atoms with E-state index in [1.807, 2.05) is 30.1 Å². The first-order chi connectivity index (χ1) is 9.22. The highest BCUT2D eigenvalue weighted by atomic mass is 35.5. The first kappa shape index (κ1) is 11.9. The fraction of sp³-hybridized carbons (Fsp3) is 0.154. The van der Waals surface area contributed by atoms with Crippen molar-refractivity contribution in [3.05, 3.63) is 47.4 Å². The maximum absolute atomic E-state index is 5.74. The van der Waals surface area contributed by atoms with Gasteiger partial charge in [0.1, 0.15) is 12.4 Å². The molecule has 0 aliphatic heterocycles.